The van der Waals surface area contributed by atoms with Crippen LogP contribution in [0.1, 0.15) is 0 Å². The number of fused-ring (bicyclic) bond motifs is 9. The first-order chi connectivity index (χ1) is 35.2. The summed E-state index contributed by atoms with van der Waals surface area (Å²) in [4.78, 5) is 2.41. The van der Waals surface area contributed by atoms with E-state index in [9.17, 15) is 0 Å². The highest BCUT2D eigenvalue weighted by Gasteiger charge is 2.20. The third kappa shape index (κ3) is 6.89. The van der Waals surface area contributed by atoms with Gasteiger partial charge < -0.3 is 13.9 Å². The van der Waals surface area contributed by atoms with Gasteiger partial charge in [0, 0.05) is 44.2 Å². The maximum absolute atomic E-state index is 6.45. The molecule has 0 aliphatic heterocycles. The van der Waals surface area contributed by atoms with Crippen LogP contribution < -0.4 is 4.90 Å². The lowest BCUT2D eigenvalue weighted by Crippen LogP contribution is -2.11. The Balaban J connectivity index is 0.879. The average Bonchev–Trinajstić information content (AvgIpc) is 3.99. The summed E-state index contributed by atoms with van der Waals surface area (Å²) in [7, 11) is 0. The lowest BCUT2D eigenvalue weighted by molar-refractivity contribution is 0.669. The minimum absolute atomic E-state index is 0.875. The fourth-order valence-electron chi connectivity index (χ4n) is 11.0. The molecular weight excluding hydrogens is 861 g/mol. The van der Waals surface area contributed by atoms with Crippen LogP contribution in [0.3, 0.4) is 0 Å². The van der Waals surface area contributed by atoms with E-state index in [-0.39, 0.29) is 0 Å². The molecule has 332 valence electrons. The molecule has 14 aromatic rings. The van der Waals surface area contributed by atoms with E-state index in [0.717, 1.165) is 72.5 Å². The molecule has 0 atom stereocenters. The molecule has 71 heavy (non-hydrogen) atoms. The van der Waals surface area contributed by atoms with Crippen molar-refractivity contribution < 1.29 is 4.42 Å². The fourth-order valence-corrected chi connectivity index (χ4v) is 11.0. The molecule has 2 aromatic heterocycles. The summed E-state index contributed by atoms with van der Waals surface area (Å²) in [6.07, 6.45) is 0. The second-order valence-electron chi connectivity index (χ2n) is 18.5. The monoisotopic (exact) mass is 904 g/mol. The molecule has 2 heterocycles. The van der Waals surface area contributed by atoms with Crippen molar-refractivity contribution in [3.05, 3.63) is 267 Å². The number of hydrogen-bond donors (Lipinski definition) is 0. The molecule has 0 unspecified atom stereocenters. The minimum Gasteiger partial charge on any atom is -0.456 e. The van der Waals surface area contributed by atoms with E-state index >= 15 is 0 Å². The Labute approximate surface area is 411 Å². The standard InChI is InChI=1S/C68H44N2O/c1-2-23-55-50(16-1)43-63(58-26-4-3-25-57(55)58)49-20-15-21-53(42-49)69(64-30-9-5-24-56(64)51-36-39-62-61-29-8-12-33-67(61)71-68(62)44-51)52-37-34-45(35-38-52)46-17-13-18-47(40-46)48-19-14-22-54(41-48)70-65-31-10-6-27-59(65)60-28-7-11-32-66(60)70/h1-44H. The highest BCUT2D eigenvalue weighted by molar-refractivity contribution is 6.14. The van der Waals surface area contributed by atoms with Gasteiger partial charge in [0.2, 0.25) is 0 Å². The highest BCUT2D eigenvalue weighted by Crippen LogP contribution is 2.45. The molecule has 0 saturated heterocycles. The molecule has 0 amide bonds. The van der Waals surface area contributed by atoms with Crippen molar-refractivity contribution in [1.82, 2.24) is 4.57 Å². The van der Waals surface area contributed by atoms with Crippen molar-refractivity contribution >= 4 is 82.4 Å². The van der Waals surface area contributed by atoms with E-state index in [4.69, 9.17) is 4.42 Å². The van der Waals surface area contributed by atoms with Crippen molar-refractivity contribution in [2.24, 2.45) is 0 Å². The smallest absolute Gasteiger partial charge is 0.136 e. The van der Waals surface area contributed by atoms with Crippen LogP contribution in [-0.4, -0.2) is 4.57 Å². The minimum atomic E-state index is 0.875. The zero-order valence-corrected chi connectivity index (χ0v) is 38.7. The second-order valence-corrected chi connectivity index (χ2v) is 18.5. The molecule has 14 rings (SSSR count). The van der Waals surface area contributed by atoms with Gasteiger partial charge in [0.15, 0.2) is 0 Å². The number of nitrogens with zero attached hydrogens (tertiary/aromatic N) is 2. The molecule has 0 spiro atoms. The number of rotatable bonds is 8. The molecule has 12 aromatic carbocycles. The number of furan rings is 1. The van der Waals surface area contributed by atoms with E-state index < -0.39 is 0 Å². The molecule has 0 aliphatic rings. The SMILES string of the molecule is c1cc(-c2ccc(N(c3cccc(-c4cc5ccccc5c5ccccc45)c3)c3ccccc3-c3ccc4c(c3)oc3ccccc34)cc2)cc(-c2cccc(-n3c4ccccc4c4ccccc43)c2)c1. The Morgan fingerprint density at radius 1 is 0.282 bits per heavy atom. The Morgan fingerprint density at radius 3 is 1.65 bits per heavy atom. The van der Waals surface area contributed by atoms with Crippen LogP contribution >= 0.6 is 0 Å². The largest absolute Gasteiger partial charge is 0.456 e. The van der Waals surface area contributed by atoms with Gasteiger partial charge in [-0.2, -0.15) is 0 Å². The molecule has 0 fully saturated rings. The van der Waals surface area contributed by atoms with Crippen molar-refractivity contribution in [2.75, 3.05) is 4.90 Å². The van der Waals surface area contributed by atoms with Gasteiger partial charge in [0.25, 0.3) is 0 Å². The van der Waals surface area contributed by atoms with Crippen molar-refractivity contribution in [1.29, 1.82) is 0 Å². The highest BCUT2D eigenvalue weighted by atomic mass is 16.3. The number of anilines is 3. The zero-order chi connectivity index (χ0) is 46.8. The Hall–Kier alpha value is -9.44. The quantitative estimate of drug-likeness (QED) is 0.142. The van der Waals surface area contributed by atoms with Gasteiger partial charge in [-0.3, -0.25) is 0 Å². The first-order valence-corrected chi connectivity index (χ1v) is 24.3. The van der Waals surface area contributed by atoms with E-state index in [1.807, 2.05) is 12.1 Å². The van der Waals surface area contributed by atoms with Gasteiger partial charge in [0.05, 0.1) is 16.7 Å². The molecule has 0 aliphatic carbocycles. The normalized spacial score (nSPS) is 11.7. The fraction of sp³-hybridized carbons (Fsp3) is 0. The molecule has 0 saturated carbocycles. The maximum Gasteiger partial charge on any atom is 0.136 e. The van der Waals surface area contributed by atoms with Gasteiger partial charge in [-0.15, -0.1) is 0 Å². The topological polar surface area (TPSA) is 21.3 Å². The molecule has 0 radical (unpaired) electrons. The first-order valence-electron chi connectivity index (χ1n) is 24.3. The zero-order valence-electron chi connectivity index (χ0n) is 38.7. The van der Waals surface area contributed by atoms with Crippen molar-refractivity contribution in [3.8, 4) is 50.2 Å². The summed E-state index contributed by atoms with van der Waals surface area (Å²) >= 11 is 0. The number of hydrogen-bond acceptors (Lipinski definition) is 2. The summed E-state index contributed by atoms with van der Waals surface area (Å²) in [5.74, 6) is 0. The van der Waals surface area contributed by atoms with Gasteiger partial charge >= 0.3 is 0 Å². The first kappa shape index (κ1) is 40.6. The number of aromatic nitrogens is 1. The van der Waals surface area contributed by atoms with Crippen molar-refractivity contribution in [2.45, 2.75) is 0 Å². The van der Waals surface area contributed by atoms with Crippen LogP contribution in [0.4, 0.5) is 17.1 Å². The van der Waals surface area contributed by atoms with Crippen LogP contribution in [0.15, 0.2) is 271 Å². The average molecular weight is 905 g/mol. The van der Waals surface area contributed by atoms with Gasteiger partial charge in [-0.25, -0.2) is 0 Å². The van der Waals surface area contributed by atoms with Crippen LogP contribution in [0.25, 0.3) is 115 Å². The van der Waals surface area contributed by atoms with Gasteiger partial charge in [-0.1, -0.05) is 182 Å². The second kappa shape index (κ2) is 16.7. The van der Waals surface area contributed by atoms with Crippen LogP contribution in [0, 0.1) is 0 Å². The molecule has 3 nitrogen and oxygen atoms in total. The van der Waals surface area contributed by atoms with E-state index in [0.29, 0.717) is 0 Å². The van der Waals surface area contributed by atoms with E-state index in [1.54, 1.807) is 0 Å². The number of benzene rings is 12. The summed E-state index contributed by atoms with van der Waals surface area (Å²) in [5.41, 5.74) is 17.7. The Kier molecular flexibility index (Phi) is 9.53. The van der Waals surface area contributed by atoms with Crippen LogP contribution in [-0.2, 0) is 0 Å². The van der Waals surface area contributed by atoms with Crippen LogP contribution in [0.5, 0.6) is 0 Å². The lowest BCUT2D eigenvalue weighted by atomic mass is 9.93. The van der Waals surface area contributed by atoms with Gasteiger partial charge in [0.1, 0.15) is 11.2 Å². The van der Waals surface area contributed by atoms with Crippen LogP contribution in [0.2, 0.25) is 0 Å². The lowest BCUT2D eigenvalue weighted by Gasteiger charge is -2.28. The molecule has 3 heteroatoms. The molecule has 0 bridgehead atoms. The third-order valence-electron chi connectivity index (χ3n) is 14.4. The molecular formula is C68H44N2O. The number of para-hydroxylation sites is 4. The summed E-state index contributed by atoms with van der Waals surface area (Å²) in [6.45, 7) is 0. The Bertz CT molecular complexity index is 4310. The summed E-state index contributed by atoms with van der Waals surface area (Å²) in [6, 6.07) is 96.8. The maximum atomic E-state index is 6.45. The predicted molar refractivity (Wildman–Crippen MR) is 299 cm³/mol. The summed E-state index contributed by atoms with van der Waals surface area (Å²) < 4.78 is 8.83. The molecule has 0 N–H and O–H groups in total. The Morgan fingerprint density at radius 2 is 0.845 bits per heavy atom. The third-order valence-corrected chi connectivity index (χ3v) is 14.4. The van der Waals surface area contributed by atoms with E-state index in [1.165, 1.54) is 60.0 Å². The summed E-state index contributed by atoms with van der Waals surface area (Å²) in [5, 5.41) is 9.74. The van der Waals surface area contributed by atoms with E-state index in [2.05, 4.69) is 264 Å². The van der Waals surface area contributed by atoms with Crippen molar-refractivity contribution in [3.63, 3.8) is 0 Å². The van der Waals surface area contributed by atoms with Gasteiger partial charge in [-0.05, 0) is 145 Å². The predicted octanol–water partition coefficient (Wildman–Crippen LogP) is 19.1.